The molecule has 1 aliphatic rings. The summed E-state index contributed by atoms with van der Waals surface area (Å²) >= 11 is 0. The van der Waals surface area contributed by atoms with Crippen LogP contribution in [0.4, 0.5) is 11.5 Å². The molecule has 7 heteroatoms. The first kappa shape index (κ1) is 18.8. The number of nitrogens with zero attached hydrogens (tertiary/aromatic N) is 5. The lowest BCUT2D eigenvalue weighted by molar-refractivity contribution is -0.384. The molecule has 1 aromatic heterocycles. The van der Waals surface area contributed by atoms with Gasteiger partial charge in [-0.2, -0.15) is 5.26 Å². The molecule has 0 radical (unpaired) electrons. The van der Waals surface area contributed by atoms with Crippen molar-refractivity contribution in [2.45, 2.75) is 13.0 Å². The van der Waals surface area contributed by atoms with E-state index in [-0.39, 0.29) is 5.69 Å². The Kier molecular flexibility index (Phi) is 5.36. The fraction of sp³-hybridized carbons (Fsp3) is 0.273. The number of hydrogen-bond acceptors (Lipinski definition) is 6. The van der Waals surface area contributed by atoms with Gasteiger partial charge < -0.3 is 4.90 Å². The fourth-order valence-electron chi connectivity index (χ4n) is 3.77. The van der Waals surface area contributed by atoms with E-state index in [9.17, 15) is 15.4 Å². The molecule has 0 amide bonds. The van der Waals surface area contributed by atoms with Gasteiger partial charge >= 0.3 is 0 Å². The molecule has 0 bridgehead atoms. The first-order valence-corrected chi connectivity index (χ1v) is 9.64. The Hall–Kier alpha value is -3.50. The van der Waals surface area contributed by atoms with Crippen LogP contribution in [0.15, 0.2) is 54.6 Å². The molecule has 29 heavy (non-hydrogen) atoms. The molecular formula is C22H21N5O2. The van der Waals surface area contributed by atoms with Crippen LogP contribution < -0.4 is 4.90 Å². The number of benzene rings is 2. The Bertz CT molecular complexity index is 1080. The Labute approximate surface area is 169 Å². The van der Waals surface area contributed by atoms with Gasteiger partial charge in [-0.25, -0.2) is 4.98 Å². The van der Waals surface area contributed by atoms with Gasteiger partial charge in [0.15, 0.2) is 0 Å². The van der Waals surface area contributed by atoms with Gasteiger partial charge in [-0.15, -0.1) is 0 Å². The van der Waals surface area contributed by atoms with Gasteiger partial charge in [-0.1, -0.05) is 30.3 Å². The molecule has 1 fully saturated rings. The summed E-state index contributed by atoms with van der Waals surface area (Å²) in [6.45, 7) is 4.53. The number of hydrogen-bond donors (Lipinski definition) is 0. The Morgan fingerprint density at radius 1 is 1.07 bits per heavy atom. The van der Waals surface area contributed by atoms with Gasteiger partial charge in [-0.05, 0) is 24.1 Å². The zero-order valence-corrected chi connectivity index (χ0v) is 16.0. The van der Waals surface area contributed by atoms with Gasteiger partial charge in [0.1, 0.15) is 5.82 Å². The van der Waals surface area contributed by atoms with E-state index in [1.165, 1.54) is 17.7 Å². The van der Waals surface area contributed by atoms with Crippen LogP contribution in [0.25, 0.3) is 10.9 Å². The first-order valence-electron chi connectivity index (χ1n) is 9.64. The van der Waals surface area contributed by atoms with Gasteiger partial charge in [-0.3, -0.25) is 15.0 Å². The summed E-state index contributed by atoms with van der Waals surface area (Å²) in [5.41, 5.74) is 2.29. The summed E-state index contributed by atoms with van der Waals surface area (Å²) in [5, 5.41) is 21.1. The van der Waals surface area contributed by atoms with E-state index in [4.69, 9.17) is 4.98 Å². The van der Waals surface area contributed by atoms with Crippen LogP contribution in [0.3, 0.4) is 0 Å². The normalized spacial score (nSPS) is 15.1. The smallest absolute Gasteiger partial charge is 0.270 e. The molecule has 0 spiro atoms. The van der Waals surface area contributed by atoms with Crippen molar-refractivity contribution in [3.63, 3.8) is 0 Å². The number of rotatable bonds is 4. The van der Waals surface area contributed by atoms with Crippen molar-refractivity contribution >= 4 is 22.4 Å². The zero-order chi connectivity index (χ0) is 20.2. The molecule has 3 aromatic rings. The van der Waals surface area contributed by atoms with Crippen molar-refractivity contribution in [3.05, 3.63) is 75.8 Å². The molecule has 146 valence electrons. The van der Waals surface area contributed by atoms with Crippen LogP contribution in [0.1, 0.15) is 17.5 Å². The summed E-state index contributed by atoms with van der Waals surface area (Å²) in [6.07, 6.45) is 1.01. The van der Waals surface area contributed by atoms with Crippen LogP contribution in [0, 0.1) is 21.4 Å². The molecule has 1 saturated heterocycles. The summed E-state index contributed by atoms with van der Waals surface area (Å²) in [4.78, 5) is 19.9. The third-order valence-corrected chi connectivity index (χ3v) is 5.27. The van der Waals surface area contributed by atoms with Crippen molar-refractivity contribution in [1.29, 1.82) is 5.26 Å². The van der Waals surface area contributed by atoms with Crippen molar-refractivity contribution in [2.24, 2.45) is 0 Å². The van der Waals surface area contributed by atoms with Crippen LogP contribution >= 0.6 is 0 Å². The average Bonchev–Trinajstić information content (AvgIpc) is 2.98. The lowest BCUT2D eigenvalue weighted by Crippen LogP contribution is -2.31. The van der Waals surface area contributed by atoms with E-state index in [2.05, 4.69) is 40.1 Å². The Morgan fingerprint density at radius 3 is 2.66 bits per heavy atom. The molecule has 4 rings (SSSR count). The van der Waals surface area contributed by atoms with Gasteiger partial charge in [0, 0.05) is 50.2 Å². The van der Waals surface area contributed by atoms with E-state index < -0.39 is 4.92 Å². The van der Waals surface area contributed by atoms with Crippen molar-refractivity contribution in [3.8, 4) is 6.07 Å². The van der Waals surface area contributed by atoms with E-state index >= 15 is 0 Å². The maximum absolute atomic E-state index is 11.0. The highest BCUT2D eigenvalue weighted by atomic mass is 16.6. The maximum Gasteiger partial charge on any atom is 0.270 e. The topological polar surface area (TPSA) is 86.3 Å². The van der Waals surface area contributed by atoms with E-state index in [0.29, 0.717) is 16.5 Å². The molecule has 0 N–H and O–H groups in total. The molecule has 7 nitrogen and oxygen atoms in total. The molecule has 0 saturated carbocycles. The third-order valence-electron chi connectivity index (χ3n) is 5.27. The summed E-state index contributed by atoms with van der Waals surface area (Å²) in [6, 6.07) is 18.8. The van der Waals surface area contributed by atoms with Crippen LogP contribution in [-0.4, -0.2) is 41.0 Å². The van der Waals surface area contributed by atoms with Crippen LogP contribution in [0.5, 0.6) is 0 Å². The zero-order valence-electron chi connectivity index (χ0n) is 16.0. The molecule has 2 heterocycles. The highest BCUT2D eigenvalue weighted by molar-refractivity contribution is 5.88. The average molecular weight is 387 g/mol. The van der Waals surface area contributed by atoms with Crippen molar-refractivity contribution in [2.75, 3.05) is 31.1 Å². The summed E-state index contributed by atoms with van der Waals surface area (Å²) < 4.78 is 0. The van der Waals surface area contributed by atoms with Gasteiger partial charge in [0.2, 0.25) is 0 Å². The quantitative estimate of drug-likeness (QED) is 0.501. The molecule has 0 unspecified atom stereocenters. The number of pyridine rings is 1. The largest absolute Gasteiger partial charge is 0.355 e. The molecule has 1 aliphatic heterocycles. The second kappa shape index (κ2) is 8.25. The standard InChI is InChI=1S/C22H21N5O2/c23-15-18-13-22(24-21-8-7-19(27(28)29)14-20(18)21)26-10-4-9-25(11-12-26)16-17-5-2-1-3-6-17/h1-3,5-8,13-14H,4,9-12,16H2. The number of nitro groups is 1. The van der Waals surface area contributed by atoms with Gasteiger partial charge in [0.25, 0.3) is 5.69 Å². The van der Waals surface area contributed by atoms with Crippen LogP contribution in [0.2, 0.25) is 0 Å². The number of non-ortho nitro benzene ring substituents is 1. The Balaban J connectivity index is 1.56. The highest BCUT2D eigenvalue weighted by Gasteiger charge is 2.19. The highest BCUT2D eigenvalue weighted by Crippen LogP contribution is 2.27. The lowest BCUT2D eigenvalue weighted by atomic mass is 10.1. The molecule has 2 aromatic carbocycles. The number of nitriles is 1. The van der Waals surface area contributed by atoms with Gasteiger partial charge in [0.05, 0.1) is 22.1 Å². The minimum atomic E-state index is -0.454. The summed E-state index contributed by atoms with van der Waals surface area (Å²) in [5.74, 6) is 0.754. The van der Waals surface area contributed by atoms with E-state index in [1.807, 2.05) is 6.07 Å². The fourth-order valence-corrected chi connectivity index (χ4v) is 3.77. The monoisotopic (exact) mass is 387 g/mol. The predicted octanol–water partition coefficient (Wildman–Crippen LogP) is 3.73. The van der Waals surface area contributed by atoms with Crippen LogP contribution in [-0.2, 0) is 6.54 Å². The Morgan fingerprint density at radius 2 is 1.90 bits per heavy atom. The number of nitro benzene ring substituents is 1. The minimum Gasteiger partial charge on any atom is -0.355 e. The first-order chi connectivity index (χ1) is 14.1. The molecular weight excluding hydrogens is 366 g/mol. The minimum absolute atomic E-state index is 0.0325. The summed E-state index contributed by atoms with van der Waals surface area (Å²) in [7, 11) is 0. The molecule has 0 atom stereocenters. The predicted molar refractivity (Wildman–Crippen MR) is 112 cm³/mol. The number of fused-ring (bicyclic) bond motifs is 1. The SMILES string of the molecule is N#Cc1cc(N2CCCN(Cc3ccccc3)CC2)nc2ccc([N+](=O)[O-])cc12. The molecule has 0 aliphatic carbocycles. The van der Waals surface area contributed by atoms with E-state index in [1.54, 1.807) is 12.1 Å². The van der Waals surface area contributed by atoms with Crippen molar-refractivity contribution < 1.29 is 4.92 Å². The van der Waals surface area contributed by atoms with Crippen molar-refractivity contribution in [1.82, 2.24) is 9.88 Å². The third kappa shape index (κ3) is 4.18. The second-order valence-electron chi connectivity index (χ2n) is 7.20. The number of anilines is 1. The second-order valence-corrected chi connectivity index (χ2v) is 7.20. The van der Waals surface area contributed by atoms with E-state index in [0.717, 1.165) is 45.0 Å². The lowest BCUT2D eigenvalue weighted by Gasteiger charge is -2.23. The maximum atomic E-state index is 11.0. The number of aromatic nitrogens is 1.